The highest BCUT2D eigenvalue weighted by atomic mass is 16.5. The number of ether oxygens (including phenoxy) is 3. The first-order valence-electron chi connectivity index (χ1n) is 8.00. The van der Waals surface area contributed by atoms with Gasteiger partial charge in [0.25, 0.3) is 0 Å². The molecule has 26 heavy (non-hydrogen) atoms. The average molecular weight is 357 g/mol. The number of benzene rings is 2. The topological polar surface area (TPSA) is 111 Å². The van der Waals surface area contributed by atoms with E-state index < -0.39 is 11.9 Å². The second-order valence-corrected chi connectivity index (χ2v) is 5.68. The molecule has 2 aromatic rings. The molecule has 4 N–H and O–H groups in total. The van der Waals surface area contributed by atoms with Crippen LogP contribution in [0.25, 0.3) is 0 Å². The molecule has 0 saturated carbocycles. The van der Waals surface area contributed by atoms with E-state index in [9.17, 15) is 15.0 Å². The SMILES string of the molecule is CCOC(=O)C1=C(N)Oc2cc(O)cc(O)c2C1c1ccc(OC)cc1. The number of methoxy groups -OCH3 is 1. The molecule has 7 nitrogen and oxygen atoms in total. The highest BCUT2D eigenvalue weighted by Crippen LogP contribution is 2.48. The normalized spacial score (nSPS) is 15.8. The summed E-state index contributed by atoms with van der Waals surface area (Å²) < 4.78 is 15.8. The van der Waals surface area contributed by atoms with Crippen LogP contribution < -0.4 is 15.2 Å². The molecule has 1 aliphatic heterocycles. The maximum Gasteiger partial charge on any atom is 0.340 e. The summed E-state index contributed by atoms with van der Waals surface area (Å²) in [4.78, 5) is 12.5. The number of hydrogen-bond donors (Lipinski definition) is 3. The summed E-state index contributed by atoms with van der Waals surface area (Å²) >= 11 is 0. The molecular formula is C19H19NO6. The van der Waals surface area contributed by atoms with Crippen LogP contribution in [0.4, 0.5) is 0 Å². The molecule has 2 aromatic carbocycles. The summed E-state index contributed by atoms with van der Waals surface area (Å²) in [5.74, 6) is -1.06. The maximum atomic E-state index is 12.5. The van der Waals surface area contributed by atoms with Crippen LogP contribution in [0.1, 0.15) is 24.0 Å². The van der Waals surface area contributed by atoms with Crippen LogP contribution >= 0.6 is 0 Å². The van der Waals surface area contributed by atoms with Crippen molar-refractivity contribution in [3.63, 3.8) is 0 Å². The van der Waals surface area contributed by atoms with E-state index in [0.29, 0.717) is 16.9 Å². The zero-order valence-electron chi connectivity index (χ0n) is 14.4. The zero-order valence-corrected chi connectivity index (χ0v) is 14.4. The number of phenols is 2. The lowest BCUT2D eigenvalue weighted by Crippen LogP contribution is -2.27. The highest BCUT2D eigenvalue weighted by molar-refractivity contribution is 5.93. The molecule has 1 heterocycles. The summed E-state index contributed by atoms with van der Waals surface area (Å²) in [6.45, 7) is 1.85. The van der Waals surface area contributed by atoms with Gasteiger partial charge in [0.1, 0.15) is 28.6 Å². The molecule has 0 spiro atoms. The van der Waals surface area contributed by atoms with Gasteiger partial charge in [-0.2, -0.15) is 0 Å². The Morgan fingerprint density at radius 3 is 2.54 bits per heavy atom. The minimum Gasteiger partial charge on any atom is -0.508 e. The Hall–Kier alpha value is -3.35. The van der Waals surface area contributed by atoms with Crippen LogP contribution in [0.15, 0.2) is 47.9 Å². The third kappa shape index (κ3) is 2.99. The van der Waals surface area contributed by atoms with E-state index in [2.05, 4.69) is 0 Å². The van der Waals surface area contributed by atoms with Crippen LogP contribution in [-0.2, 0) is 9.53 Å². The predicted molar refractivity (Wildman–Crippen MR) is 93.1 cm³/mol. The Morgan fingerprint density at radius 1 is 1.23 bits per heavy atom. The Balaban J connectivity index is 2.21. The molecule has 3 rings (SSSR count). The third-order valence-electron chi connectivity index (χ3n) is 4.11. The summed E-state index contributed by atoms with van der Waals surface area (Å²) in [5, 5.41) is 20.1. The predicted octanol–water partition coefficient (Wildman–Crippen LogP) is 2.36. The van der Waals surface area contributed by atoms with Crippen LogP contribution in [0.2, 0.25) is 0 Å². The van der Waals surface area contributed by atoms with E-state index in [-0.39, 0.29) is 35.3 Å². The quantitative estimate of drug-likeness (QED) is 0.720. The van der Waals surface area contributed by atoms with Crippen LogP contribution in [0.5, 0.6) is 23.0 Å². The van der Waals surface area contributed by atoms with Gasteiger partial charge >= 0.3 is 5.97 Å². The number of rotatable bonds is 4. The van der Waals surface area contributed by atoms with Crippen LogP contribution in [0.3, 0.4) is 0 Å². The molecule has 0 aromatic heterocycles. The second-order valence-electron chi connectivity index (χ2n) is 5.68. The number of phenolic OH excluding ortho intramolecular Hbond substituents is 2. The minimum atomic E-state index is -0.718. The lowest BCUT2D eigenvalue weighted by Gasteiger charge is -2.29. The Kier molecular flexibility index (Phi) is 4.62. The molecular weight excluding hydrogens is 338 g/mol. The first-order chi connectivity index (χ1) is 12.5. The van der Waals surface area contributed by atoms with Gasteiger partial charge in [-0.15, -0.1) is 0 Å². The van der Waals surface area contributed by atoms with Crippen molar-refractivity contribution in [2.75, 3.05) is 13.7 Å². The number of aromatic hydroxyl groups is 2. The summed E-state index contributed by atoms with van der Waals surface area (Å²) in [5.41, 5.74) is 7.07. The van der Waals surface area contributed by atoms with Gasteiger partial charge in [-0.25, -0.2) is 4.79 Å². The summed E-state index contributed by atoms with van der Waals surface area (Å²) in [6, 6.07) is 9.51. The van der Waals surface area contributed by atoms with Gasteiger partial charge in [0, 0.05) is 17.7 Å². The fourth-order valence-electron chi connectivity index (χ4n) is 2.99. The van der Waals surface area contributed by atoms with Crippen molar-refractivity contribution >= 4 is 5.97 Å². The van der Waals surface area contributed by atoms with Gasteiger partial charge in [-0.1, -0.05) is 12.1 Å². The van der Waals surface area contributed by atoms with Crippen molar-refractivity contribution in [1.29, 1.82) is 0 Å². The summed E-state index contributed by atoms with van der Waals surface area (Å²) in [7, 11) is 1.55. The van der Waals surface area contributed by atoms with Gasteiger partial charge in [0.2, 0.25) is 5.88 Å². The standard InChI is InChI=1S/C19H19NO6/c1-3-25-19(23)17-15(10-4-6-12(24-2)7-5-10)16-13(22)8-11(21)9-14(16)26-18(17)20/h4-9,15,21-22H,3,20H2,1-2H3. The van der Waals surface area contributed by atoms with E-state index in [1.54, 1.807) is 38.3 Å². The molecule has 0 saturated heterocycles. The van der Waals surface area contributed by atoms with Crippen molar-refractivity contribution < 1.29 is 29.2 Å². The molecule has 1 atom stereocenters. The molecule has 0 amide bonds. The van der Waals surface area contributed by atoms with E-state index in [1.807, 2.05) is 0 Å². The van der Waals surface area contributed by atoms with Crippen molar-refractivity contribution in [1.82, 2.24) is 0 Å². The number of fused-ring (bicyclic) bond motifs is 1. The average Bonchev–Trinajstić information content (AvgIpc) is 2.60. The van der Waals surface area contributed by atoms with Gasteiger partial charge in [-0.05, 0) is 24.6 Å². The van der Waals surface area contributed by atoms with Crippen molar-refractivity contribution in [2.24, 2.45) is 5.73 Å². The molecule has 136 valence electrons. The minimum absolute atomic E-state index is 0.0884. The number of carbonyl (C=O) groups is 1. The fourth-order valence-corrected chi connectivity index (χ4v) is 2.99. The van der Waals surface area contributed by atoms with E-state index >= 15 is 0 Å². The Morgan fingerprint density at radius 2 is 1.92 bits per heavy atom. The largest absolute Gasteiger partial charge is 0.508 e. The third-order valence-corrected chi connectivity index (χ3v) is 4.11. The van der Waals surface area contributed by atoms with Crippen LogP contribution in [0, 0.1) is 0 Å². The molecule has 0 fully saturated rings. The number of esters is 1. The monoisotopic (exact) mass is 357 g/mol. The smallest absolute Gasteiger partial charge is 0.340 e. The number of hydrogen-bond acceptors (Lipinski definition) is 7. The molecule has 0 bridgehead atoms. The first-order valence-corrected chi connectivity index (χ1v) is 8.00. The maximum absolute atomic E-state index is 12.5. The van der Waals surface area contributed by atoms with Gasteiger partial charge in [0.15, 0.2) is 0 Å². The fraction of sp³-hybridized carbons (Fsp3) is 0.211. The molecule has 7 heteroatoms. The lowest BCUT2D eigenvalue weighted by molar-refractivity contribution is -0.139. The van der Waals surface area contributed by atoms with Gasteiger partial charge in [-0.3, -0.25) is 0 Å². The van der Waals surface area contributed by atoms with Crippen LogP contribution in [-0.4, -0.2) is 29.9 Å². The van der Waals surface area contributed by atoms with Gasteiger partial charge < -0.3 is 30.2 Å². The van der Waals surface area contributed by atoms with Crippen molar-refractivity contribution in [3.8, 4) is 23.0 Å². The van der Waals surface area contributed by atoms with Gasteiger partial charge in [0.05, 0.1) is 19.6 Å². The molecule has 0 aliphatic carbocycles. The molecule has 0 radical (unpaired) electrons. The zero-order chi connectivity index (χ0) is 18.8. The van der Waals surface area contributed by atoms with E-state index in [1.165, 1.54) is 12.1 Å². The lowest BCUT2D eigenvalue weighted by atomic mass is 9.82. The summed E-state index contributed by atoms with van der Waals surface area (Å²) in [6.07, 6.45) is 0. The van der Waals surface area contributed by atoms with Crippen molar-refractivity contribution in [3.05, 3.63) is 59.0 Å². The number of carbonyl (C=O) groups excluding carboxylic acids is 1. The van der Waals surface area contributed by atoms with E-state index in [0.717, 1.165) is 0 Å². The van der Waals surface area contributed by atoms with E-state index in [4.69, 9.17) is 19.9 Å². The van der Waals surface area contributed by atoms with Crippen molar-refractivity contribution in [2.45, 2.75) is 12.8 Å². The molecule has 1 aliphatic rings. The highest BCUT2D eigenvalue weighted by Gasteiger charge is 2.37. The number of nitrogens with two attached hydrogens (primary N) is 1. The Bertz CT molecular complexity index is 872. The second kappa shape index (κ2) is 6.87. The first kappa shape index (κ1) is 17.5. The molecule has 1 unspecified atom stereocenters. The Labute approximate surface area is 150 Å².